The van der Waals surface area contributed by atoms with Crippen LogP contribution in [0.5, 0.6) is 0 Å². The van der Waals surface area contributed by atoms with Gasteiger partial charge in [0.15, 0.2) is 0 Å². The first-order chi connectivity index (χ1) is 8.81. The minimum absolute atomic E-state index is 0.00538. The van der Waals surface area contributed by atoms with E-state index < -0.39 is 15.6 Å². The first-order valence-electron chi connectivity index (χ1n) is 6.66. The predicted molar refractivity (Wildman–Crippen MR) is 75.7 cm³/mol. The molecule has 0 saturated heterocycles. The second-order valence-electron chi connectivity index (χ2n) is 5.45. The van der Waals surface area contributed by atoms with Gasteiger partial charge in [-0.05, 0) is 38.0 Å². The highest BCUT2D eigenvalue weighted by molar-refractivity contribution is 7.89. The lowest BCUT2D eigenvalue weighted by Crippen LogP contribution is -2.59. The first kappa shape index (κ1) is 16.4. The summed E-state index contributed by atoms with van der Waals surface area (Å²) in [5, 5.41) is 7.72. The molecule has 1 saturated carbocycles. The molecule has 0 aromatic carbocycles. The Balaban J connectivity index is 2.71. The molecule has 0 spiro atoms. The molecule has 1 rings (SSSR count). The van der Waals surface area contributed by atoms with Crippen LogP contribution in [0.15, 0.2) is 0 Å². The van der Waals surface area contributed by atoms with Crippen LogP contribution in [0.1, 0.15) is 39.0 Å². The number of methoxy groups -OCH3 is 1. The third kappa shape index (κ3) is 4.74. The van der Waals surface area contributed by atoms with Crippen LogP contribution >= 0.6 is 0 Å². The lowest BCUT2D eigenvalue weighted by Gasteiger charge is -2.38. The molecule has 0 bridgehead atoms. The fourth-order valence-electron chi connectivity index (χ4n) is 2.42. The van der Waals surface area contributed by atoms with E-state index in [2.05, 4.69) is 11.6 Å². The van der Waals surface area contributed by atoms with Crippen molar-refractivity contribution in [3.8, 4) is 0 Å². The molecule has 1 fully saturated rings. The molecule has 7 heteroatoms. The van der Waals surface area contributed by atoms with Crippen LogP contribution in [-0.2, 0) is 14.8 Å². The molecule has 19 heavy (non-hydrogen) atoms. The van der Waals surface area contributed by atoms with Gasteiger partial charge in [-0.15, -0.1) is 0 Å². The number of amidine groups is 1. The smallest absolute Gasteiger partial charge is 0.212 e. The second-order valence-corrected chi connectivity index (χ2v) is 7.29. The maximum atomic E-state index is 12.0. The number of nitrogens with two attached hydrogens (primary N) is 1. The number of hydrogen-bond acceptors (Lipinski definition) is 4. The summed E-state index contributed by atoms with van der Waals surface area (Å²) in [7, 11) is -1.88. The van der Waals surface area contributed by atoms with Crippen LogP contribution in [-0.4, -0.2) is 39.3 Å². The molecular weight excluding hydrogens is 266 g/mol. The number of sulfonamides is 1. The van der Waals surface area contributed by atoms with Crippen LogP contribution in [0.3, 0.4) is 0 Å². The Morgan fingerprint density at radius 3 is 2.53 bits per heavy atom. The highest BCUT2D eigenvalue weighted by Gasteiger charge is 2.40. The Kier molecular flexibility index (Phi) is 5.76. The van der Waals surface area contributed by atoms with Crippen molar-refractivity contribution in [3.63, 3.8) is 0 Å². The average molecular weight is 291 g/mol. The van der Waals surface area contributed by atoms with Crippen molar-refractivity contribution in [2.75, 3.05) is 19.5 Å². The topological polar surface area (TPSA) is 105 Å². The third-order valence-electron chi connectivity index (χ3n) is 3.76. The Morgan fingerprint density at radius 1 is 1.47 bits per heavy atom. The molecule has 112 valence electrons. The van der Waals surface area contributed by atoms with E-state index in [9.17, 15) is 8.42 Å². The second kappa shape index (κ2) is 6.67. The van der Waals surface area contributed by atoms with Gasteiger partial charge in [-0.25, -0.2) is 13.1 Å². The number of rotatable bonds is 7. The highest BCUT2D eigenvalue weighted by Crippen LogP contribution is 2.32. The summed E-state index contributed by atoms with van der Waals surface area (Å²) in [6.07, 6.45) is 3.43. The molecule has 0 aromatic rings. The summed E-state index contributed by atoms with van der Waals surface area (Å²) < 4.78 is 31.6. The van der Waals surface area contributed by atoms with Gasteiger partial charge in [0.05, 0.1) is 11.3 Å². The van der Waals surface area contributed by atoms with Gasteiger partial charge in [-0.1, -0.05) is 6.92 Å². The fraction of sp³-hybridized carbons (Fsp3) is 0.917. The molecule has 6 nitrogen and oxygen atoms in total. The molecule has 4 N–H and O–H groups in total. The zero-order valence-electron chi connectivity index (χ0n) is 11.7. The van der Waals surface area contributed by atoms with Gasteiger partial charge in [0.25, 0.3) is 0 Å². The van der Waals surface area contributed by atoms with E-state index in [1.165, 1.54) is 0 Å². The van der Waals surface area contributed by atoms with Crippen molar-refractivity contribution in [2.45, 2.75) is 44.6 Å². The normalized spacial score (nSPS) is 28.2. The molecule has 0 aliphatic heterocycles. The Hall–Kier alpha value is -0.660. The first-order valence-corrected chi connectivity index (χ1v) is 8.31. The summed E-state index contributed by atoms with van der Waals surface area (Å²) in [6.45, 7) is 2.54. The molecule has 0 amide bonds. The van der Waals surface area contributed by atoms with Gasteiger partial charge >= 0.3 is 0 Å². The van der Waals surface area contributed by atoms with Crippen LogP contribution < -0.4 is 10.5 Å². The molecule has 0 heterocycles. The number of ether oxygens (including phenoxy) is 1. The average Bonchev–Trinajstić information content (AvgIpc) is 2.32. The van der Waals surface area contributed by atoms with E-state index in [4.69, 9.17) is 15.9 Å². The Bertz CT molecular complexity index is 400. The molecule has 0 radical (unpaired) electrons. The van der Waals surface area contributed by atoms with E-state index in [0.717, 1.165) is 12.8 Å². The molecule has 1 aliphatic carbocycles. The van der Waals surface area contributed by atoms with E-state index >= 15 is 0 Å². The molecule has 0 aromatic heterocycles. The Labute approximate surface area is 115 Å². The third-order valence-corrected chi connectivity index (χ3v) is 5.28. The zero-order valence-corrected chi connectivity index (χ0v) is 12.6. The minimum atomic E-state index is -3.43. The molecule has 0 atom stereocenters. The van der Waals surface area contributed by atoms with Crippen LogP contribution in [0.2, 0.25) is 0 Å². The van der Waals surface area contributed by atoms with Gasteiger partial charge in [0.1, 0.15) is 5.84 Å². The lowest BCUT2D eigenvalue weighted by molar-refractivity contribution is 0.199. The molecular formula is C12H25N3O3S. The van der Waals surface area contributed by atoms with Crippen LogP contribution in [0, 0.1) is 11.3 Å². The summed E-state index contributed by atoms with van der Waals surface area (Å²) in [5.41, 5.74) is 4.76. The molecule has 1 aliphatic rings. The van der Waals surface area contributed by atoms with Crippen LogP contribution in [0.4, 0.5) is 0 Å². The van der Waals surface area contributed by atoms with Crippen molar-refractivity contribution in [3.05, 3.63) is 0 Å². The van der Waals surface area contributed by atoms with Gasteiger partial charge < -0.3 is 10.5 Å². The lowest BCUT2D eigenvalue weighted by atomic mass is 9.77. The summed E-state index contributed by atoms with van der Waals surface area (Å²) in [4.78, 5) is 0. The maximum Gasteiger partial charge on any atom is 0.212 e. The summed E-state index contributed by atoms with van der Waals surface area (Å²) >= 11 is 0. The SMILES string of the molecule is COCCCS(=O)(=O)NC1(C(=N)N)CCC(C)CC1. The van der Waals surface area contributed by atoms with Gasteiger partial charge in [-0.3, -0.25) is 5.41 Å². The van der Waals surface area contributed by atoms with Gasteiger partial charge in [0.2, 0.25) is 10.0 Å². The Morgan fingerprint density at radius 2 is 2.05 bits per heavy atom. The standard InChI is InChI=1S/C12H25N3O3S/c1-10-4-6-12(7-5-10,11(13)14)15-19(16,17)9-3-8-18-2/h10,15H,3-9H2,1-2H3,(H3,13,14). The van der Waals surface area contributed by atoms with Crippen molar-refractivity contribution in [2.24, 2.45) is 11.7 Å². The highest BCUT2D eigenvalue weighted by atomic mass is 32.2. The van der Waals surface area contributed by atoms with E-state index in [-0.39, 0.29) is 11.6 Å². The monoisotopic (exact) mass is 291 g/mol. The summed E-state index contributed by atoms with van der Waals surface area (Å²) in [6, 6.07) is 0. The van der Waals surface area contributed by atoms with Crippen molar-refractivity contribution >= 4 is 15.9 Å². The van der Waals surface area contributed by atoms with E-state index in [1.54, 1.807) is 7.11 Å². The predicted octanol–water partition coefficient (Wildman–Crippen LogP) is 0.827. The minimum Gasteiger partial charge on any atom is -0.386 e. The van der Waals surface area contributed by atoms with E-state index in [0.29, 0.717) is 31.8 Å². The summed E-state index contributed by atoms with van der Waals surface area (Å²) in [5.74, 6) is 0.492. The number of nitrogens with one attached hydrogen (secondary N) is 2. The van der Waals surface area contributed by atoms with E-state index in [1.807, 2.05) is 0 Å². The van der Waals surface area contributed by atoms with Crippen molar-refractivity contribution < 1.29 is 13.2 Å². The quantitative estimate of drug-likeness (QED) is 0.367. The van der Waals surface area contributed by atoms with Crippen LogP contribution in [0.25, 0.3) is 0 Å². The van der Waals surface area contributed by atoms with Crippen molar-refractivity contribution in [1.29, 1.82) is 5.41 Å². The van der Waals surface area contributed by atoms with Gasteiger partial charge in [0, 0.05) is 13.7 Å². The fourth-order valence-corrected chi connectivity index (χ4v) is 3.93. The number of hydrogen-bond donors (Lipinski definition) is 3. The maximum absolute atomic E-state index is 12.0. The van der Waals surface area contributed by atoms with Crippen molar-refractivity contribution in [1.82, 2.24) is 4.72 Å². The zero-order chi connectivity index (χ0) is 14.5. The largest absolute Gasteiger partial charge is 0.386 e. The molecule has 0 unspecified atom stereocenters. The van der Waals surface area contributed by atoms with Gasteiger partial charge in [-0.2, -0.15) is 0 Å².